The van der Waals surface area contributed by atoms with Crippen molar-refractivity contribution in [2.75, 3.05) is 13.1 Å². The van der Waals surface area contributed by atoms with Crippen molar-refractivity contribution in [3.8, 4) is 0 Å². The molecule has 0 amide bonds. The van der Waals surface area contributed by atoms with Gasteiger partial charge in [-0.05, 0) is 54.9 Å². The Kier molecular flexibility index (Phi) is 4.92. The van der Waals surface area contributed by atoms with E-state index in [2.05, 4.69) is 39.8 Å². The number of rotatable bonds is 4. The molecule has 0 saturated heterocycles. The highest BCUT2D eigenvalue weighted by Crippen LogP contribution is 2.36. The van der Waals surface area contributed by atoms with Gasteiger partial charge in [-0.1, -0.05) is 48.0 Å². The number of aliphatic hydroxyl groups excluding tert-OH is 1. The molecule has 2 aliphatic rings. The average Bonchev–Trinajstić information content (AvgIpc) is 3.03. The van der Waals surface area contributed by atoms with Gasteiger partial charge in [0, 0.05) is 30.7 Å². The van der Waals surface area contributed by atoms with Crippen molar-refractivity contribution in [3.05, 3.63) is 69.9 Å². The van der Waals surface area contributed by atoms with Crippen LogP contribution in [0.15, 0.2) is 42.5 Å². The van der Waals surface area contributed by atoms with Gasteiger partial charge in [0.15, 0.2) is 0 Å². The SMILES string of the molecule is O[C@@H](CN1CCc2ccccc2C1)Cn1c2c(c3cccc(Cl)c31)CCCC2. The Hall–Kier alpha value is -1.81. The van der Waals surface area contributed by atoms with Crippen molar-refractivity contribution >= 4 is 22.5 Å². The first-order valence-corrected chi connectivity index (χ1v) is 10.8. The fraction of sp³-hybridized carbons (Fsp3) is 0.417. The topological polar surface area (TPSA) is 28.4 Å². The van der Waals surface area contributed by atoms with Gasteiger partial charge < -0.3 is 9.67 Å². The maximum Gasteiger partial charge on any atom is 0.0845 e. The third-order valence-corrected chi connectivity index (χ3v) is 6.72. The molecule has 0 unspecified atom stereocenters. The molecule has 4 heteroatoms. The molecule has 1 aromatic heterocycles. The number of aliphatic hydroxyl groups is 1. The lowest BCUT2D eigenvalue weighted by molar-refractivity contribution is 0.0920. The minimum absolute atomic E-state index is 0.400. The highest BCUT2D eigenvalue weighted by Gasteiger charge is 2.24. The second-order valence-corrected chi connectivity index (χ2v) is 8.69. The molecule has 0 radical (unpaired) electrons. The Morgan fingerprint density at radius 1 is 0.929 bits per heavy atom. The van der Waals surface area contributed by atoms with Gasteiger partial charge in [-0.3, -0.25) is 4.90 Å². The van der Waals surface area contributed by atoms with E-state index in [0.717, 1.165) is 42.9 Å². The second-order valence-electron chi connectivity index (χ2n) is 8.29. The van der Waals surface area contributed by atoms with Crippen LogP contribution in [-0.2, 0) is 32.4 Å². The number of β-amino-alcohol motifs (C(OH)–C–C–N with tert-alkyl or cyclic N) is 1. The van der Waals surface area contributed by atoms with Crippen molar-refractivity contribution in [3.63, 3.8) is 0 Å². The number of hydrogen-bond acceptors (Lipinski definition) is 2. The number of para-hydroxylation sites is 1. The summed E-state index contributed by atoms with van der Waals surface area (Å²) in [5.74, 6) is 0. The monoisotopic (exact) mass is 394 g/mol. The van der Waals surface area contributed by atoms with Crippen molar-refractivity contribution in [1.29, 1.82) is 0 Å². The van der Waals surface area contributed by atoms with Gasteiger partial charge in [0.1, 0.15) is 0 Å². The molecule has 146 valence electrons. The molecule has 1 N–H and O–H groups in total. The van der Waals surface area contributed by atoms with Gasteiger partial charge in [0.2, 0.25) is 0 Å². The quantitative estimate of drug-likeness (QED) is 0.700. The average molecular weight is 395 g/mol. The molecule has 0 saturated carbocycles. The number of hydrogen-bond donors (Lipinski definition) is 1. The normalized spacial score (nSPS) is 18.1. The van der Waals surface area contributed by atoms with Crippen LogP contribution in [0.4, 0.5) is 0 Å². The molecule has 2 heterocycles. The van der Waals surface area contributed by atoms with E-state index >= 15 is 0 Å². The van der Waals surface area contributed by atoms with Gasteiger partial charge in [-0.15, -0.1) is 0 Å². The molecule has 0 spiro atoms. The number of benzene rings is 2. The fourth-order valence-corrected chi connectivity index (χ4v) is 5.40. The minimum atomic E-state index is -0.400. The first kappa shape index (κ1) is 18.2. The zero-order chi connectivity index (χ0) is 19.1. The van der Waals surface area contributed by atoms with Gasteiger partial charge >= 0.3 is 0 Å². The van der Waals surface area contributed by atoms with Crippen LogP contribution in [0.1, 0.15) is 35.2 Å². The second kappa shape index (κ2) is 7.55. The summed E-state index contributed by atoms with van der Waals surface area (Å²) in [6, 6.07) is 14.9. The van der Waals surface area contributed by atoms with Crippen molar-refractivity contribution in [1.82, 2.24) is 9.47 Å². The largest absolute Gasteiger partial charge is 0.390 e. The highest BCUT2D eigenvalue weighted by molar-refractivity contribution is 6.35. The van der Waals surface area contributed by atoms with Gasteiger partial charge in [-0.25, -0.2) is 0 Å². The number of aryl methyl sites for hydroxylation is 1. The van der Waals surface area contributed by atoms with Crippen molar-refractivity contribution in [2.45, 2.75) is 51.3 Å². The van der Waals surface area contributed by atoms with Crippen LogP contribution >= 0.6 is 11.6 Å². The molecular weight excluding hydrogens is 368 g/mol. The lowest BCUT2D eigenvalue weighted by atomic mass is 9.95. The van der Waals surface area contributed by atoms with Crippen LogP contribution in [0.3, 0.4) is 0 Å². The molecule has 2 aromatic carbocycles. The number of halogens is 1. The van der Waals surface area contributed by atoms with Crippen LogP contribution in [0, 0.1) is 0 Å². The van der Waals surface area contributed by atoms with Gasteiger partial charge in [-0.2, -0.15) is 0 Å². The van der Waals surface area contributed by atoms with Crippen LogP contribution < -0.4 is 0 Å². The summed E-state index contributed by atoms with van der Waals surface area (Å²) in [6.45, 7) is 3.26. The summed E-state index contributed by atoms with van der Waals surface area (Å²) in [6.07, 6.45) is 5.34. The van der Waals surface area contributed by atoms with Gasteiger partial charge in [0.05, 0.1) is 23.2 Å². The molecule has 5 rings (SSSR count). The van der Waals surface area contributed by atoms with E-state index in [1.54, 1.807) is 0 Å². The molecule has 0 fully saturated rings. The summed E-state index contributed by atoms with van der Waals surface area (Å²) in [4.78, 5) is 2.38. The molecule has 1 aliphatic heterocycles. The maximum absolute atomic E-state index is 11.0. The van der Waals surface area contributed by atoms with E-state index in [-0.39, 0.29) is 0 Å². The molecule has 1 atom stereocenters. The van der Waals surface area contributed by atoms with Crippen LogP contribution in [0.2, 0.25) is 5.02 Å². The summed E-state index contributed by atoms with van der Waals surface area (Å²) in [5.41, 5.74) is 6.79. The van der Waals surface area contributed by atoms with E-state index < -0.39 is 6.10 Å². The molecule has 1 aliphatic carbocycles. The molecule has 0 bridgehead atoms. The summed E-state index contributed by atoms with van der Waals surface area (Å²) >= 11 is 6.60. The summed E-state index contributed by atoms with van der Waals surface area (Å²) in [5, 5.41) is 13.0. The van der Waals surface area contributed by atoms with E-state index in [1.807, 2.05) is 12.1 Å². The van der Waals surface area contributed by atoms with Crippen LogP contribution in [0.5, 0.6) is 0 Å². The Balaban J connectivity index is 1.38. The summed E-state index contributed by atoms with van der Waals surface area (Å²) < 4.78 is 2.31. The first-order valence-electron chi connectivity index (χ1n) is 10.5. The minimum Gasteiger partial charge on any atom is -0.390 e. The van der Waals surface area contributed by atoms with E-state index in [1.165, 1.54) is 40.6 Å². The zero-order valence-electron chi connectivity index (χ0n) is 16.2. The molecular formula is C24H27ClN2O. The maximum atomic E-state index is 11.0. The smallest absolute Gasteiger partial charge is 0.0845 e. The number of aromatic nitrogens is 1. The van der Waals surface area contributed by atoms with E-state index in [4.69, 9.17) is 11.6 Å². The molecule has 3 nitrogen and oxygen atoms in total. The van der Waals surface area contributed by atoms with Crippen LogP contribution in [0.25, 0.3) is 10.9 Å². The number of fused-ring (bicyclic) bond motifs is 4. The van der Waals surface area contributed by atoms with Crippen LogP contribution in [-0.4, -0.2) is 33.8 Å². The van der Waals surface area contributed by atoms with Gasteiger partial charge in [0.25, 0.3) is 0 Å². The Labute approximate surface area is 171 Å². The summed E-state index contributed by atoms with van der Waals surface area (Å²) in [7, 11) is 0. The standard InChI is InChI=1S/C24H27ClN2O/c25-22-10-5-9-21-20-8-3-4-11-23(20)27(24(21)22)16-19(28)15-26-13-12-17-6-1-2-7-18(17)14-26/h1-2,5-7,9-10,19,28H,3-4,8,11-16H2/t19-/m0/s1. The van der Waals surface area contributed by atoms with E-state index in [0.29, 0.717) is 13.1 Å². The fourth-order valence-electron chi connectivity index (χ4n) is 5.12. The lowest BCUT2D eigenvalue weighted by Crippen LogP contribution is -2.38. The van der Waals surface area contributed by atoms with E-state index in [9.17, 15) is 5.11 Å². The zero-order valence-corrected chi connectivity index (χ0v) is 17.0. The first-order chi connectivity index (χ1) is 13.7. The predicted molar refractivity (Wildman–Crippen MR) is 115 cm³/mol. The van der Waals surface area contributed by atoms with Crippen molar-refractivity contribution < 1.29 is 5.11 Å². The predicted octanol–water partition coefficient (Wildman–Crippen LogP) is 4.59. The Morgan fingerprint density at radius 3 is 2.64 bits per heavy atom. The van der Waals surface area contributed by atoms with Crippen molar-refractivity contribution in [2.24, 2.45) is 0 Å². The highest BCUT2D eigenvalue weighted by atomic mass is 35.5. The molecule has 28 heavy (non-hydrogen) atoms. The Morgan fingerprint density at radius 2 is 1.75 bits per heavy atom. The molecule has 3 aromatic rings. The third kappa shape index (κ3) is 3.26. The number of nitrogens with zero attached hydrogens (tertiary/aromatic N) is 2. The lowest BCUT2D eigenvalue weighted by Gasteiger charge is -2.30. The Bertz CT molecular complexity index is 1010. The third-order valence-electron chi connectivity index (χ3n) is 6.42.